The number of benzene rings is 2. The van der Waals surface area contributed by atoms with Crippen LogP contribution in [0.3, 0.4) is 0 Å². The predicted molar refractivity (Wildman–Crippen MR) is 129 cm³/mol. The zero-order chi connectivity index (χ0) is 25.5. The van der Waals surface area contributed by atoms with Crippen LogP contribution < -0.4 is 15.8 Å². The Hall–Kier alpha value is -3.17. The lowest BCUT2D eigenvalue weighted by atomic mass is 10.1. The Kier molecular flexibility index (Phi) is 6.50. The van der Waals surface area contributed by atoms with Gasteiger partial charge in [0.1, 0.15) is 0 Å². The lowest BCUT2D eigenvalue weighted by Gasteiger charge is -2.20. The number of aromatic nitrogens is 2. The van der Waals surface area contributed by atoms with E-state index in [9.17, 15) is 21.2 Å². The molecule has 2 heterocycles. The van der Waals surface area contributed by atoms with Gasteiger partial charge in [-0.1, -0.05) is 12.1 Å². The highest BCUT2D eigenvalue weighted by Gasteiger charge is 2.30. The number of halogens is 1. The van der Waals surface area contributed by atoms with Crippen molar-refractivity contribution < 1.29 is 21.2 Å². The van der Waals surface area contributed by atoms with Crippen LogP contribution >= 0.6 is 0 Å². The average Bonchev–Trinajstić information content (AvgIpc) is 3.21. The lowest BCUT2D eigenvalue weighted by molar-refractivity contribution is 0.388. The van der Waals surface area contributed by atoms with Crippen LogP contribution in [0.5, 0.6) is 0 Å². The quantitative estimate of drug-likeness (QED) is 0.428. The third-order valence-electron chi connectivity index (χ3n) is 5.45. The molecular formula is C21H24FN7O4S2. The van der Waals surface area contributed by atoms with Gasteiger partial charge in [-0.25, -0.2) is 22.9 Å². The molecule has 0 radical (unpaired) electrons. The maximum absolute atomic E-state index is 14.4. The molecule has 0 unspecified atom stereocenters. The van der Waals surface area contributed by atoms with E-state index < -0.39 is 26.0 Å². The number of nitrogens with zero attached hydrogens (tertiary/aromatic N) is 4. The van der Waals surface area contributed by atoms with Crippen LogP contribution in [-0.2, 0) is 33.3 Å². The third kappa shape index (κ3) is 5.26. The molecule has 0 aliphatic carbocycles. The molecule has 186 valence electrons. The second-order valence-corrected chi connectivity index (χ2v) is 11.9. The third-order valence-corrected chi connectivity index (χ3v) is 8.33. The van der Waals surface area contributed by atoms with Gasteiger partial charge in [0.25, 0.3) is 10.2 Å². The number of fused-ring (bicyclic) bond motifs is 1. The first-order valence-corrected chi connectivity index (χ1v) is 13.3. The van der Waals surface area contributed by atoms with Crippen molar-refractivity contribution in [2.24, 2.45) is 5.14 Å². The standard InChI is InChI=1S/C21H24FN7O4S2/c1-13-4-6-17(9-19(13)34(23,30)31)26-21-24-10-18(22)20(27-21)25-16-7-5-14-11-29(12-15(14)8-16)35(32,33)28(2)3/h4-10H,11-12H2,1-3H3,(H2,23,30,31)(H2,24,25,26,27). The van der Waals surface area contributed by atoms with Crippen LogP contribution in [0.1, 0.15) is 16.7 Å². The minimum Gasteiger partial charge on any atom is -0.338 e. The van der Waals surface area contributed by atoms with Crippen LogP contribution in [0.15, 0.2) is 47.5 Å². The second kappa shape index (κ2) is 9.13. The Bertz CT molecular complexity index is 1510. The number of nitrogens with one attached hydrogen (secondary N) is 2. The van der Waals surface area contributed by atoms with Gasteiger partial charge in [-0.2, -0.15) is 22.0 Å². The smallest absolute Gasteiger partial charge is 0.282 e. The van der Waals surface area contributed by atoms with E-state index in [1.807, 2.05) is 0 Å². The van der Waals surface area contributed by atoms with Gasteiger partial charge in [0.05, 0.1) is 11.1 Å². The summed E-state index contributed by atoms with van der Waals surface area (Å²) in [5.41, 5.74) is 3.01. The molecule has 0 atom stereocenters. The SMILES string of the molecule is Cc1ccc(Nc2ncc(F)c(Nc3ccc4c(c3)CN(S(=O)(=O)N(C)C)C4)n2)cc1S(N)(=O)=O. The van der Waals surface area contributed by atoms with Gasteiger partial charge in [0.2, 0.25) is 16.0 Å². The summed E-state index contributed by atoms with van der Waals surface area (Å²) in [6, 6.07) is 9.78. The fourth-order valence-electron chi connectivity index (χ4n) is 3.60. The van der Waals surface area contributed by atoms with Gasteiger partial charge in [-0.15, -0.1) is 0 Å². The largest absolute Gasteiger partial charge is 0.338 e. The average molecular weight is 522 g/mol. The number of nitrogens with two attached hydrogens (primary N) is 1. The number of hydrogen-bond acceptors (Lipinski definition) is 8. The molecule has 4 N–H and O–H groups in total. The zero-order valence-corrected chi connectivity index (χ0v) is 20.8. The molecule has 35 heavy (non-hydrogen) atoms. The van der Waals surface area contributed by atoms with Crippen LogP contribution in [0.25, 0.3) is 0 Å². The highest BCUT2D eigenvalue weighted by Crippen LogP contribution is 2.30. The minimum absolute atomic E-state index is 0.0301. The van der Waals surface area contributed by atoms with Gasteiger partial charge in [-0.3, -0.25) is 0 Å². The first-order valence-electron chi connectivity index (χ1n) is 10.3. The Morgan fingerprint density at radius 3 is 2.34 bits per heavy atom. The molecule has 0 spiro atoms. The highest BCUT2D eigenvalue weighted by atomic mass is 32.2. The summed E-state index contributed by atoms with van der Waals surface area (Å²) in [5, 5.41) is 11.0. The number of primary sulfonamides is 1. The van der Waals surface area contributed by atoms with E-state index in [0.29, 0.717) is 16.9 Å². The molecule has 1 aliphatic heterocycles. The van der Waals surface area contributed by atoms with E-state index >= 15 is 0 Å². The summed E-state index contributed by atoms with van der Waals surface area (Å²) in [4.78, 5) is 8.00. The zero-order valence-electron chi connectivity index (χ0n) is 19.1. The van der Waals surface area contributed by atoms with Gasteiger partial charge in [-0.05, 0) is 47.9 Å². The molecular weight excluding hydrogens is 497 g/mol. The fraction of sp³-hybridized carbons (Fsp3) is 0.238. The number of hydrogen-bond donors (Lipinski definition) is 3. The maximum Gasteiger partial charge on any atom is 0.282 e. The van der Waals surface area contributed by atoms with E-state index in [1.54, 1.807) is 37.3 Å². The van der Waals surface area contributed by atoms with E-state index in [2.05, 4.69) is 20.6 Å². The molecule has 0 amide bonds. The van der Waals surface area contributed by atoms with Crippen molar-refractivity contribution in [2.75, 3.05) is 24.7 Å². The first kappa shape index (κ1) is 24.9. The molecule has 0 fully saturated rings. The number of rotatable bonds is 7. The molecule has 0 bridgehead atoms. The monoisotopic (exact) mass is 521 g/mol. The summed E-state index contributed by atoms with van der Waals surface area (Å²) in [7, 11) is -4.54. The van der Waals surface area contributed by atoms with Crippen LogP contribution in [0, 0.1) is 12.7 Å². The van der Waals surface area contributed by atoms with Gasteiger partial charge in [0.15, 0.2) is 11.6 Å². The van der Waals surface area contributed by atoms with E-state index in [4.69, 9.17) is 5.14 Å². The Labute approximate surface area is 203 Å². The maximum atomic E-state index is 14.4. The summed E-state index contributed by atoms with van der Waals surface area (Å²) in [6.45, 7) is 2.07. The van der Waals surface area contributed by atoms with Crippen LogP contribution in [0.4, 0.5) is 27.5 Å². The molecule has 0 saturated heterocycles. The van der Waals surface area contributed by atoms with Crippen molar-refractivity contribution in [3.8, 4) is 0 Å². The van der Waals surface area contributed by atoms with Crippen molar-refractivity contribution in [3.63, 3.8) is 0 Å². The minimum atomic E-state index is -3.92. The van der Waals surface area contributed by atoms with E-state index in [-0.39, 0.29) is 29.8 Å². The van der Waals surface area contributed by atoms with Crippen molar-refractivity contribution >= 4 is 43.4 Å². The number of anilines is 4. The molecule has 4 rings (SSSR count). The van der Waals surface area contributed by atoms with E-state index in [1.165, 1.54) is 24.5 Å². The number of aryl methyl sites for hydroxylation is 1. The predicted octanol–water partition coefficient (Wildman–Crippen LogP) is 2.18. The highest BCUT2D eigenvalue weighted by molar-refractivity contribution is 7.89. The number of sulfonamides is 1. The van der Waals surface area contributed by atoms with Gasteiger partial charge >= 0.3 is 0 Å². The van der Waals surface area contributed by atoms with Crippen molar-refractivity contribution in [1.29, 1.82) is 0 Å². The molecule has 2 aromatic carbocycles. The van der Waals surface area contributed by atoms with Crippen molar-refractivity contribution in [3.05, 3.63) is 65.1 Å². The van der Waals surface area contributed by atoms with Crippen molar-refractivity contribution in [2.45, 2.75) is 24.9 Å². The normalized spacial score (nSPS) is 14.2. The van der Waals surface area contributed by atoms with Crippen LogP contribution in [0.2, 0.25) is 0 Å². The van der Waals surface area contributed by atoms with Crippen LogP contribution in [-0.4, -0.2) is 49.5 Å². The van der Waals surface area contributed by atoms with Gasteiger partial charge < -0.3 is 10.6 Å². The molecule has 11 nitrogen and oxygen atoms in total. The molecule has 0 saturated carbocycles. The topological polar surface area (TPSA) is 151 Å². The Balaban J connectivity index is 1.55. The summed E-state index contributed by atoms with van der Waals surface area (Å²) >= 11 is 0. The molecule has 1 aliphatic rings. The molecule has 3 aromatic rings. The van der Waals surface area contributed by atoms with E-state index in [0.717, 1.165) is 21.6 Å². The summed E-state index contributed by atoms with van der Waals surface area (Å²) in [6.07, 6.45) is 0.977. The molecule has 1 aromatic heterocycles. The van der Waals surface area contributed by atoms with Crippen molar-refractivity contribution in [1.82, 2.24) is 18.6 Å². The Morgan fingerprint density at radius 2 is 1.66 bits per heavy atom. The summed E-state index contributed by atoms with van der Waals surface area (Å²) < 4.78 is 65.3. The lowest BCUT2D eigenvalue weighted by Crippen LogP contribution is -2.36. The molecule has 14 heteroatoms. The first-order chi connectivity index (χ1) is 16.3. The second-order valence-electron chi connectivity index (χ2n) is 8.21. The summed E-state index contributed by atoms with van der Waals surface area (Å²) in [5.74, 6) is -0.790. The van der Waals surface area contributed by atoms with Gasteiger partial charge in [0, 0.05) is 38.6 Å². The fourth-order valence-corrected chi connectivity index (χ4v) is 5.47. The Morgan fingerprint density at radius 1 is 1.00 bits per heavy atom.